The molecule has 0 radical (unpaired) electrons. The van der Waals surface area contributed by atoms with Crippen molar-refractivity contribution in [3.8, 4) is 28.4 Å². The lowest BCUT2D eigenvalue weighted by Gasteiger charge is -2.10. The summed E-state index contributed by atoms with van der Waals surface area (Å²) in [6, 6.07) is 14.1. The van der Waals surface area contributed by atoms with Crippen LogP contribution >= 0.6 is 12.4 Å². The molecule has 2 aromatic carbocycles. The number of hydrogen-bond donors (Lipinski definition) is 2. The van der Waals surface area contributed by atoms with Crippen LogP contribution in [0.2, 0.25) is 0 Å². The van der Waals surface area contributed by atoms with Gasteiger partial charge in [0.15, 0.2) is 5.69 Å². The number of benzene rings is 2. The second kappa shape index (κ2) is 10.9. The zero-order chi connectivity index (χ0) is 22.4. The number of amides is 1. The number of nitrogens with two attached hydrogens (primary N) is 1. The van der Waals surface area contributed by atoms with Crippen LogP contribution in [0.4, 0.5) is 13.2 Å². The maximum Gasteiger partial charge on any atom is 0.435 e. The van der Waals surface area contributed by atoms with E-state index in [9.17, 15) is 18.0 Å². The van der Waals surface area contributed by atoms with Crippen molar-refractivity contribution in [2.24, 2.45) is 5.73 Å². The molecule has 32 heavy (non-hydrogen) atoms. The van der Waals surface area contributed by atoms with Gasteiger partial charge in [0.1, 0.15) is 18.1 Å². The second-order valence-corrected chi connectivity index (χ2v) is 6.45. The van der Waals surface area contributed by atoms with Gasteiger partial charge in [-0.05, 0) is 54.6 Å². The van der Waals surface area contributed by atoms with Gasteiger partial charge in [0, 0.05) is 5.56 Å². The molecule has 1 heterocycles. The number of hydrogen-bond acceptors (Lipinski definition) is 5. The summed E-state index contributed by atoms with van der Waals surface area (Å²) >= 11 is 0. The molecule has 3 N–H and O–H groups in total. The first-order valence-electron chi connectivity index (χ1n) is 9.33. The summed E-state index contributed by atoms with van der Waals surface area (Å²) in [4.78, 5) is 11.1. The van der Waals surface area contributed by atoms with Crippen LogP contribution in [0.1, 0.15) is 5.69 Å². The molecular formula is C21H22ClF3N4O3. The fraction of sp³-hybridized carbons (Fsp3) is 0.238. The third-order valence-corrected chi connectivity index (χ3v) is 4.35. The monoisotopic (exact) mass is 470 g/mol. The summed E-state index contributed by atoms with van der Waals surface area (Å²) in [7, 11) is 1.51. The Labute approximate surface area is 188 Å². The lowest BCUT2D eigenvalue weighted by molar-refractivity contribution is -0.141. The summed E-state index contributed by atoms with van der Waals surface area (Å²) in [5.74, 6) is 0.807. The molecule has 0 bridgehead atoms. The predicted molar refractivity (Wildman–Crippen MR) is 115 cm³/mol. The SMILES string of the molecule is COc1ccc(-n2nc(C(F)(F)F)cc2-c2ccc(OCCNC(=O)CN)cc2)cc1.Cl. The van der Waals surface area contributed by atoms with Gasteiger partial charge in [0.25, 0.3) is 0 Å². The zero-order valence-electron chi connectivity index (χ0n) is 17.1. The average molecular weight is 471 g/mol. The van der Waals surface area contributed by atoms with Crippen LogP contribution < -0.4 is 20.5 Å². The minimum Gasteiger partial charge on any atom is -0.497 e. The first kappa shape index (κ1) is 25.0. The van der Waals surface area contributed by atoms with Crippen LogP contribution in [-0.4, -0.2) is 42.5 Å². The number of halogens is 4. The molecule has 3 rings (SSSR count). The van der Waals surface area contributed by atoms with Crippen LogP contribution in [0.3, 0.4) is 0 Å². The van der Waals surface area contributed by atoms with Gasteiger partial charge in [-0.1, -0.05) is 0 Å². The molecule has 3 aromatic rings. The molecule has 11 heteroatoms. The number of carbonyl (C=O) groups excluding carboxylic acids is 1. The highest BCUT2D eigenvalue weighted by atomic mass is 35.5. The van der Waals surface area contributed by atoms with Gasteiger partial charge in [-0.3, -0.25) is 4.79 Å². The number of rotatable bonds is 8. The third-order valence-electron chi connectivity index (χ3n) is 4.35. The van der Waals surface area contributed by atoms with E-state index in [-0.39, 0.29) is 43.7 Å². The molecule has 172 valence electrons. The van der Waals surface area contributed by atoms with E-state index in [0.717, 1.165) is 6.07 Å². The normalized spacial score (nSPS) is 10.9. The quantitative estimate of drug-likeness (QED) is 0.492. The van der Waals surface area contributed by atoms with E-state index in [4.69, 9.17) is 15.2 Å². The van der Waals surface area contributed by atoms with Crippen molar-refractivity contribution < 1.29 is 27.4 Å². The van der Waals surface area contributed by atoms with Crippen LogP contribution in [0.5, 0.6) is 11.5 Å². The van der Waals surface area contributed by atoms with E-state index < -0.39 is 11.9 Å². The van der Waals surface area contributed by atoms with Crippen LogP contribution in [-0.2, 0) is 11.0 Å². The second-order valence-electron chi connectivity index (χ2n) is 6.45. The first-order chi connectivity index (χ1) is 14.8. The highest BCUT2D eigenvalue weighted by Gasteiger charge is 2.35. The predicted octanol–water partition coefficient (Wildman–Crippen LogP) is 3.44. The Morgan fingerprint density at radius 2 is 1.72 bits per heavy atom. The van der Waals surface area contributed by atoms with Crippen molar-refractivity contribution in [3.63, 3.8) is 0 Å². The van der Waals surface area contributed by atoms with Crippen molar-refractivity contribution in [2.45, 2.75) is 6.18 Å². The average Bonchev–Trinajstić information content (AvgIpc) is 3.23. The fourth-order valence-electron chi connectivity index (χ4n) is 2.80. The maximum absolute atomic E-state index is 13.3. The Balaban J connectivity index is 0.00000363. The number of nitrogens with zero attached hydrogens (tertiary/aromatic N) is 2. The summed E-state index contributed by atoms with van der Waals surface area (Å²) in [6.07, 6.45) is -4.58. The number of methoxy groups -OCH3 is 1. The van der Waals surface area contributed by atoms with Gasteiger partial charge < -0.3 is 20.5 Å². The standard InChI is InChI=1S/C21H21F3N4O3.ClH/c1-30-16-8-4-15(5-9-16)28-18(12-19(27-28)21(22,23)24)14-2-6-17(7-3-14)31-11-10-26-20(29)13-25;/h2-9,12H,10-11,13,25H2,1H3,(H,26,29);1H. The zero-order valence-corrected chi connectivity index (χ0v) is 17.9. The molecule has 0 aliphatic carbocycles. The number of nitrogens with one attached hydrogen (secondary N) is 1. The molecule has 1 amide bonds. The van der Waals surface area contributed by atoms with Crippen molar-refractivity contribution in [3.05, 3.63) is 60.3 Å². The lowest BCUT2D eigenvalue weighted by Crippen LogP contribution is -2.33. The van der Waals surface area contributed by atoms with Crippen molar-refractivity contribution >= 4 is 18.3 Å². The number of aromatic nitrogens is 2. The smallest absolute Gasteiger partial charge is 0.435 e. The highest BCUT2D eigenvalue weighted by molar-refractivity contribution is 5.85. The minimum absolute atomic E-state index is 0. The van der Waals surface area contributed by atoms with E-state index in [0.29, 0.717) is 22.7 Å². The van der Waals surface area contributed by atoms with Gasteiger partial charge in [-0.15, -0.1) is 12.4 Å². The molecule has 0 spiro atoms. The van der Waals surface area contributed by atoms with Crippen molar-refractivity contribution in [1.29, 1.82) is 0 Å². The Hall–Kier alpha value is -3.24. The summed E-state index contributed by atoms with van der Waals surface area (Å²) in [5.41, 5.74) is 5.47. The summed E-state index contributed by atoms with van der Waals surface area (Å²) in [5, 5.41) is 6.33. The van der Waals surface area contributed by atoms with E-state index in [1.807, 2.05) is 0 Å². The molecule has 0 fully saturated rings. The molecule has 0 unspecified atom stereocenters. The molecule has 0 saturated carbocycles. The van der Waals surface area contributed by atoms with Gasteiger partial charge in [-0.2, -0.15) is 18.3 Å². The van der Waals surface area contributed by atoms with Crippen LogP contribution in [0, 0.1) is 0 Å². The largest absolute Gasteiger partial charge is 0.497 e. The van der Waals surface area contributed by atoms with Crippen LogP contribution in [0.15, 0.2) is 54.6 Å². The number of carbonyl (C=O) groups is 1. The van der Waals surface area contributed by atoms with E-state index in [1.54, 1.807) is 48.5 Å². The molecule has 1 aromatic heterocycles. The van der Waals surface area contributed by atoms with E-state index >= 15 is 0 Å². The lowest BCUT2D eigenvalue weighted by atomic mass is 10.1. The Morgan fingerprint density at radius 3 is 2.28 bits per heavy atom. The fourth-order valence-corrected chi connectivity index (χ4v) is 2.80. The Bertz CT molecular complexity index is 1020. The highest BCUT2D eigenvalue weighted by Crippen LogP contribution is 2.34. The van der Waals surface area contributed by atoms with Gasteiger partial charge >= 0.3 is 6.18 Å². The van der Waals surface area contributed by atoms with Gasteiger partial charge in [0.2, 0.25) is 5.91 Å². The van der Waals surface area contributed by atoms with E-state index in [1.165, 1.54) is 11.8 Å². The number of ether oxygens (including phenoxy) is 2. The minimum atomic E-state index is -4.58. The molecule has 0 saturated heterocycles. The summed E-state index contributed by atoms with van der Waals surface area (Å²) in [6.45, 7) is 0.417. The van der Waals surface area contributed by atoms with Crippen molar-refractivity contribution in [2.75, 3.05) is 26.8 Å². The third kappa shape index (κ3) is 6.14. The summed E-state index contributed by atoms with van der Waals surface area (Å²) < 4.78 is 51.7. The van der Waals surface area contributed by atoms with Gasteiger partial charge in [-0.25, -0.2) is 4.68 Å². The Morgan fingerprint density at radius 1 is 1.09 bits per heavy atom. The molecular weight excluding hydrogens is 449 g/mol. The first-order valence-corrected chi connectivity index (χ1v) is 9.33. The molecule has 0 aliphatic heterocycles. The number of alkyl halides is 3. The topological polar surface area (TPSA) is 91.4 Å². The maximum atomic E-state index is 13.3. The van der Waals surface area contributed by atoms with Gasteiger partial charge in [0.05, 0.1) is 31.6 Å². The Kier molecular flexibility index (Phi) is 8.50. The molecule has 7 nitrogen and oxygen atoms in total. The van der Waals surface area contributed by atoms with Crippen molar-refractivity contribution in [1.82, 2.24) is 15.1 Å². The van der Waals surface area contributed by atoms with Crippen LogP contribution in [0.25, 0.3) is 16.9 Å². The van der Waals surface area contributed by atoms with E-state index in [2.05, 4.69) is 10.4 Å². The molecule has 0 atom stereocenters. The molecule has 0 aliphatic rings.